The van der Waals surface area contributed by atoms with Crippen LogP contribution in [0.25, 0.3) is 0 Å². The van der Waals surface area contributed by atoms with Gasteiger partial charge in [0.2, 0.25) is 0 Å². The third-order valence-electron chi connectivity index (χ3n) is 2.84. The third-order valence-corrected chi connectivity index (χ3v) is 3.34. The summed E-state index contributed by atoms with van der Waals surface area (Å²) in [5.74, 6) is -0.888. The standard InChI is InChI=1S/C12H13BrFNO2/c13-8-3-4-11(14)10(6-8)12(17)15-5-1-2-9(16)7-15/h3-4,6,9,16H,1-2,5,7H2/t9-/m0/s1. The van der Waals surface area contributed by atoms with Crippen molar-refractivity contribution in [2.24, 2.45) is 0 Å². The normalized spacial score (nSPS) is 20.4. The number of piperidine rings is 1. The van der Waals surface area contributed by atoms with E-state index < -0.39 is 11.9 Å². The minimum atomic E-state index is -0.529. The lowest BCUT2D eigenvalue weighted by Gasteiger charge is -2.30. The zero-order chi connectivity index (χ0) is 12.4. The molecule has 1 amide bonds. The van der Waals surface area contributed by atoms with E-state index in [9.17, 15) is 14.3 Å². The van der Waals surface area contributed by atoms with Crippen molar-refractivity contribution in [3.63, 3.8) is 0 Å². The molecule has 1 aromatic rings. The van der Waals surface area contributed by atoms with Crippen LogP contribution < -0.4 is 0 Å². The van der Waals surface area contributed by atoms with Crippen molar-refractivity contribution in [3.05, 3.63) is 34.1 Å². The molecule has 0 unspecified atom stereocenters. The number of benzene rings is 1. The average Bonchev–Trinajstić information content (AvgIpc) is 2.31. The zero-order valence-corrected chi connectivity index (χ0v) is 10.8. The quantitative estimate of drug-likeness (QED) is 0.864. The number of aliphatic hydroxyl groups is 1. The number of hydrogen-bond acceptors (Lipinski definition) is 2. The van der Waals surface area contributed by atoms with E-state index >= 15 is 0 Å². The summed E-state index contributed by atoms with van der Waals surface area (Å²) in [6.45, 7) is 0.854. The molecule has 17 heavy (non-hydrogen) atoms. The Hall–Kier alpha value is -0.940. The number of aliphatic hydroxyl groups excluding tert-OH is 1. The summed E-state index contributed by atoms with van der Waals surface area (Å²) in [7, 11) is 0. The molecule has 92 valence electrons. The van der Waals surface area contributed by atoms with Gasteiger partial charge in [-0.2, -0.15) is 0 Å². The molecule has 0 bridgehead atoms. The molecule has 0 aliphatic carbocycles. The van der Waals surface area contributed by atoms with Crippen LogP contribution in [0, 0.1) is 5.82 Å². The molecule has 2 rings (SSSR count). The van der Waals surface area contributed by atoms with E-state index in [1.165, 1.54) is 17.0 Å². The minimum Gasteiger partial charge on any atom is -0.391 e. The Balaban J connectivity index is 2.21. The fourth-order valence-electron chi connectivity index (χ4n) is 1.97. The van der Waals surface area contributed by atoms with Gasteiger partial charge in [0.25, 0.3) is 5.91 Å². The van der Waals surface area contributed by atoms with Gasteiger partial charge in [0, 0.05) is 17.6 Å². The molecule has 1 aromatic carbocycles. The molecule has 1 aliphatic heterocycles. The Kier molecular flexibility index (Phi) is 3.79. The number of nitrogens with zero attached hydrogens (tertiary/aromatic N) is 1. The summed E-state index contributed by atoms with van der Waals surface area (Å²) in [4.78, 5) is 13.6. The first kappa shape index (κ1) is 12.5. The summed E-state index contributed by atoms with van der Waals surface area (Å²) in [5.41, 5.74) is 0.0495. The van der Waals surface area contributed by atoms with E-state index in [4.69, 9.17) is 0 Å². The summed E-state index contributed by atoms with van der Waals surface area (Å²) in [6.07, 6.45) is 0.954. The van der Waals surface area contributed by atoms with Crippen LogP contribution in [0.2, 0.25) is 0 Å². The number of likely N-dealkylation sites (tertiary alicyclic amines) is 1. The molecule has 1 atom stereocenters. The molecule has 1 saturated heterocycles. The topological polar surface area (TPSA) is 40.5 Å². The summed E-state index contributed by atoms with van der Waals surface area (Å²) in [6, 6.07) is 4.29. The van der Waals surface area contributed by atoms with E-state index in [0.29, 0.717) is 17.4 Å². The van der Waals surface area contributed by atoms with Gasteiger partial charge in [-0.3, -0.25) is 4.79 Å². The summed E-state index contributed by atoms with van der Waals surface area (Å²) < 4.78 is 14.2. The summed E-state index contributed by atoms with van der Waals surface area (Å²) >= 11 is 3.21. The molecule has 1 aliphatic rings. The van der Waals surface area contributed by atoms with Gasteiger partial charge in [-0.25, -0.2) is 4.39 Å². The molecule has 3 nitrogen and oxygen atoms in total. The van der Waals surface area contributed by atoms with Crippen molar-refractivity contribution in [2.75, 3.05) is 13.1 Å². The second kappa shape index (κ2) is 5.14. The van der Waals surface area contributed by atoms with E-state index in [0.717, 1.165) is 6.42 Å². The van der Waals surface area contributed by atoms with Crippen molar-refractivity contribution < 1.29 is 14.3 Å². The van der Waals surface area contributed by atoms with Crippen molar-refractivity contribution in [3.8, 4) is 0 Å². The predicted molar refractivity (Wildman–Crippen MR) is 65.2 cm³/mol. The van der Waals surface area contributed by atoms with Crippen LogP contribution >= 0.6 is 15.9 Å². The van der Waals surface area contributed by atoms with Crippen LogP contribution in [0.1, 0.15) is 23.2 Å². The van der Waals surface area contributed by atoms with Gasteiger partial charge in [0.15, 0.2) is 0 Å². The van der Waals surface area contributed by atoms with Gasteiger partial charge in [-0.15, -0.1) is 0 Å². The highest BCUT2D eigenvalue weighted by Crippen LogP contribution is 2.19. The second-order valence-corrected chi connectivity index (χ2v) is 5.09. The number of hydrogen-bond donors (Lipinski definition) is 1. The molecule has 0 spiro atoms. The zero-order valence-electron chi connectivity index (χ0n) is 9.20. The van der Waals surface area contributed by atoms with Crippen LogP contribution in [0.3, 0.4) is 0 Å². The highest BCUT2D eigenvalue weighted by Gasteiger charge is 2.24. The van der Waals surface area contributed by atoms with Crippen LogP contribution in [-0.2, 0) is 0 Å². The van der Waals surface area contributed by atoms with Crippen LogP contribution in [-0.4, -0.2) is 35.1 Å². The predicted octanol–water partition coefficient (Wildman–Crippen LogP) is 2.19. The maximum atomic E-state index is 13.5. The summed E-state index contributed by atoms with van der Waals surface area (Å²) in [5, 5.41) is 9.50. The first-order valence-corrected chi connectivity index (χ1v) is 6.29. The second-order valence-electron chi connectivity index (χ2n) is 4.17. The van der Waals surface area contributed by atoms with Crippen molar-refractivity contribution in [2.45, 2.75) is 18.9 Å². The van der Waals surface area contributed by atoms with Gasteiger partial charge < -0.3 is 10.0 Å². The molecule has 0 saturated carbocycles. The lowest BCUT2D eigenvalue weighted by atomic mass is 10.1. The van der Waals surface area contributed by atoms with E-state index in [-0.39, 0.29) is 18.0 Å². The first-order valence-electron chi connectivity index (χ1n) is 5.50. The Morgan fingerprint density at radius 1 is 1.53 bits per heavy atom. The molecule has 0 aromatic heterocycles. The number of halogens is 2. The highest BCUT2D eigenvalue weighted by atomic mass is 79.9. The lowest BCUT2D eigenvalue weighted by Crippen LogP contribution is -2.42. The molecular formula is C12H13BrFNO2. The van der Waals surface area contributed by atoms with Crippen molar-refractivity contribution in [1.29, 1.82) is 0 Å². The van der Waals surface area contributed by atoms with Gasteiger partial charge in [-0.05, 0) is 31.0 Å². The maximum Gasteiger partial charge on any atom is 0.256 e. The molecule has 1 fully saturated rings. The van der Waals surface area contributed by atoms with E-state index in [2.05, 4.69) is 15.9 Å². The molecule has 5 heteroatoms. The number of carbonyl (C=O) groups is 1. The first-order chi connectivity index (χ1) is 8.08. The SMILES string of the molecule is O=C(c1cc(Br)ccc1F)N1CCC[C@H](O)C1. The average molecular weight is 302 g/mol. The van der Waals surface area contributed by atoms with Gasteiger partial charge >= 0.3 is 0 Å². The van der Waals surface area contributed by atoms with Crippen LogP contribution in [0.15, 0.2) is 22.7 Å². The Bertz CT molecular complexity index is 439. The Morgan fingerprint density at radius 3 is 3.00 bits per heavy atom. The maximum absolute atomic E-state index is 13.5. The third kappa shape index (κ3) is 2.84. The number of carbonyl (C=O) groups excluding carboxylic acids is 1. The largest absolute Gasteiger partial charge is 0.391 e. The Morgan fingerprint density at radius 2 is 2.29 bits per heavy atom. The van der Waals surface area contributed by atoms with Crippen LogP contribution in [0.5, 0.6) is 0 Å². The molecule has 0 radical (unpaired) electrons. The minimum absolute atomic E-state index is 0.0495. The molecular weight excluding hydrogens is 289 g/mol. The number of amides is 1. The van der Waals surface area contributed by atoms with Gasteiger partial charge in [0.05, 0.1) is 11.7 Å². The highest BCUT2D eigenvalue weighted by molar-refractivity contribution is 9.10. The lowest BCUT2D eigenvalue weighted by molar-refractivity contribution is 0.0470. The monoisotopic (exact) mass is 301 g/mol. The fourth-order valence-corrected chi connectivity index (χ4v) is 2.33. The molecule has 1 heterocycles. The fraction of sp³-hybridized carbons (Fsp3) is 0.417. The van der Waals surface area contributed by atoms with E-state index in [1.54, 1.807) is 6.07 Å². The van der Waals surface area contributed by atoms with Gasteiger partial charge in [0.1, 0.15) is 5.82 Å². The van der Waals surface area contributed by atoms with Crippen LogP contribution in [0.4, 0.5) is 4.39 Å². The number of rotatable bonds is 1. The Labute approximate surface area is 107 Å². The van der Waals surface area contributed by atoms with Crippen molar-refractivity contribution >= 4 is 21.8 Å². The van der Waals surface area contributed by atoms with Gasteiger partial charge in [-0.1, -0.05) is 15.9 Å². The smallest absolute Gasteiger partial charge is 0.256 e. The molecule has 1 N–H and O–H groups in total. The number of β-amino-alcohol motifs (C(OH)–C–C–N with tert-alkyl or cyclic N) is 1. The van der Waals surface area contributed by atoms with E-state index in [1.807, 2.05) is 0 Å². The van der Waals surface area contributed by atoms with Crippen molar-refractivity contribution in [1.82, 2.24) is 4.90 Å².